The maximum absolute atomic E-state index is 5.90. The number of fused-ring (bicyclic) bond motifs is 1. The summed E-state index contributed by atoms with van der Waals surface area (Å²) < 4.78 is 0. The summed E-state index contributed by atoms with van der Waals surface area (Å²) in [7, 11) is 0. The van der Waals surface area contributed by atoms with Crippen LogP contribution in [0.2, 0.25) is 0 Å². The third kappa shape index (κ3) is 1.74. The molecule has 0 saturated heterocycles. The molecule has 13 heavy (non-hydrogen) atoms. The zero-order valence-electron chi connectivity index (χ0n) is 7.49. The van der Waals surface area contributed by atoms with Gasteiger partial charge in [0.1, 0.15) is 5.84 Å². The highest BCUT2D eigenvalue weighted by atomic mass is 32.2. The molecule has 0 unspecified atom stereocenters. The van der Waals surface area contributed by atoms with Gasteiger partial charge in [-0.15, -0.1) is 23.1 Å². The quantitative estimate of drug-likeness (QED) is 0.776. The third-order valence-corrected chi connectivity index (χ3v) is 4.35. The molecule has 0 saturated carbocycles. The van der Waals surface area contributed by atoms with E-state index in [2.05, 4.69) is 23.4 Å². The van der Waals surface area contributed by atoms with Crippen molar-refractivity contribution in [2.75, 3.05) is 5.75 Å². The number of hydrogen-bond donors (Lipinski definition) is 1. The van der Waals surface area contributed by atoms with E-state index in [-0.39, 0.29) is 0 Å². The molecule has 70 valence electrons. The fourth-order valence-electron chi connectivity index (χ4n) is 1.29. The lowest BCUT2D eigenvalue weighted by molar-refractivity contribution is 0.728. The molecular weight excluding hydrogens is 200 g/mol. The minimum Gasteiger partial charge on any atom is -0.383 e. The van der Waals surface area contributed by atoms with Gasteiger partial charge in [0.05, 0.1) is 10.9 Å². The van der Waals surface area contributed by atoms with Gasteiger partial charge >= 0.3 is 0 Å². The van der Waals surface area contributed by atoms with Crippen molar-refractivity contribution in [1.82, 2.24) is 0 Å². The lowest BCUT2D eigenvalue weighted by Crippen LogP contribution is -2.15. The first-order valence-corrected chi connectivity index (χ1v) is 6.21. The zero-order chi connectivity index (χ0) is 9.26. The van der Waals surface area contributed by atoms with E-state index in [0.717, 1.165) is 22.9 Å². The second-order valence-corrected chi connectivity index (χ2v) is 4.98. The van der Waals surface area contributed by atoms with Crippen molar-refractivity contribution in [1.29, 1.82) is 0 Å². The van der Waals surface area contributed by atoms with E-state index in [1.54, 1.807) is 11.3 Å². The van der Waals surface area contributed by atoms with E-state index in [1.807, 2.05) is 11.8 Å². The Balaban J connectivity index is 2.35. The predicted octanol–water partition coefficient (Wildman–Crippen LogP) is 2.34. The number of aliphatic imine (C=N–C) groups is 1. The Hall–Kier alpha value is -0.480. The molecular formula is C9H12N2S2. The van der Waals surface area contributed by atoms with Crippen LogP contribution >= 0.6 is 23.1 Å². The maximum Gasteiger partial charge on any atom is 0.137 e. The standard InChI is InChI=1S/C9H12N2S2/c1-2-6-5-13-7-3-4-12-8(7)9(10)11-6/h3-4,6H,2,5H2,1H3,(H2,10,11)/t6-/m0/s1. The molecule has 2 nitrogen and oxygen atoms in total. The third-order valence-electron chi connectivity index (χ3n) is 2.09. The molecule has 0 amide bonds. The lowest BCUT2D eigenvalue weighted by atomic mass is 10.3. The van der Waals surface area contributed by atoms with Gasteiger partial charge in [0.15, 0.2) is 0 Å². The summed E-state index contributed by atoms with van der Waals surface area (Å²) in [6.07, 6.45) is 1.07. The molecule has 0 fully saturated rings. The molecule has 4 heteroatoms. The van der Waals surface area contributed by atoms with Crippen molar-refractivity contribution in [2.24, 2.45) is 10.7 Å². The lowest BCUT2D eigenvalue weighted by Gasteiger charge is -2.05. The number of rotatable bonds is 1. The highest BCUT2D eigenvalue weighted by Crippen LogP contribution is 2.31. The van der Waals surface area contributed by atoms with Gasteiger partial charge < -0.3 is 5.73 Å². The fourth-order valence-corrected chi connectivity index (χ4v) is 3.47. The number of thioether (sulfide) groups is 1. The minimum atomic E-state index is 0.393. The number of hydrogen-bond acceptors (Lipinski definition) is 4. The van der Waals surface area contributed by atoms with Crippen LogP contribution in [0.15, 0.2) is 21.3 Å². The second-order valence-electron chi connectivity index (χ2n) is 3.00. The van der Waals surface area contributed by atoms with Crippen LogP contribution in [0.5, 0.6) is 0 Å². The van der Waals surface area contributed by atoms with E-state index >= 15 is 0 Å². The van der Waals surface area contributed by atoms with E-state index in [4.69, 9.17) is 5.73 Å². The summed E-state index contributed by atoms with van der Waals surface area (Å²) in [6.45, 7) is 2.15. The minimum absolute atomic E-state index is 0.393. The van der Waals surface area contributed by atoms with Crippen molar-refractivity contribution in [3.8, 4) is 0 Å². The molecule has 1 aliphatic heterocycles. The predicted molar refractivity (Wildman–Crippen MR) is 59.8 cm³/mol. The number of nitrogens with two attached hydrogens (primary N) is 1. The molecule has 0 aliphatic carbocycles. The average molecular weight is 212 g/mol. The number of thiophene rings is 1. The molecule has 0 aromatic carbocycles. The number of nitrogens with zero attached hydrogens (tertiary/aromatic N) is 1. The van der Waals surface area contributed by atoms with E-state index < -0.39 is 0 Å². The van der Waals surface area contributed by atoms with E-state index in [0.29, 0.717) is 6.04 Å². The second kappa shape index (κ2) is 3.72. The molecule has 1 atom stereocenters. The first-order chi connectivity index (χ1) is 6.31. The summed E-state index contributed by atoms with van der Waals surface area (Å²) in [5, 5.41) is 2.08. The van der Waals surface area contributed by atoms with Crippen molar-refractivity contribution >= 4 is 28.9 Å². The first kappa shape index (κ1) is 9.09. The van der Waals surface area contributed by atoms with Gasteiger partial charge in [0.25, 0.3) is 0 Å². The SMILES string of the molecule is CC[C@H]1CSc2ccsc2C(N)=N1. The molecule has 2 rings (SSSR count). The van der Waals surface area contributed by atoms with E-state index in [1.165, 1.54) is 4.90 Å². The average Bonchev–Trinajstić information content (AvgIpc) is 2.54. The summed E-state index contributed by atoms with van der Waals surface area (Å²) in [5.41, 5.74) is 5.90. The topological polar surface area (TPSA) is 38.4 Å². The van der Waals surface area contributed by atoms with Crippen LogP contribution < -0.4 is 5.73 Å². The van der Waals surface area contributed by atoms with Crippen LogP contribution in [-0.4, -0.2) is 17.6 Å². The zero-order valence-corrected chi connectivity index (χ0v) is 9.12. The molecule has 2 heterocycles. The fraction of sp³-hybridized carbons (Fsp3) is 0.444. The Labute approximate surface area is 86.2 Å². The largest absolute Gasteiger partial charge is 0.383 e. The van der Waals surface area contributed by atoms with Gasteiger partial charge in [-0.05, 0) is 17.9 Å². The monoisotopic (exact) mass is 212 g/mol. The van der Waals surface area contributed by atoms with Gasteiger partial charge in [-0.2, -0.15) is 0 Å². The van der Waals surface area contributed by atoms with E-state index in [9.17, 15) is 0 Å². The summed E-state index contributed by atoms with van der Waals surface area (Å²) in [6, 6.07) is 2.52. The number of amidine groups is 1. The van der Waals surface area contributed by atoms with Gasteiger partial charge in [-0.1, -0.05) is 6.92 Å². The van der Waals surface area contributed by atoms with Gasteiger partial charge in [0, 0.05) is 10.6 Å². The molecule has 0 radical (unpaired) electrons. The van der Waals surface area contributed by atoms with Crippen molar-refractivity contribution < 1.29 is 0 Å². The summed E-state index contributed by atoms with van der Waals surface area (Å²) in [5.74, 6) is 1.78. The normalized spacial score (nSPS) is 21.9. The molecule has 1 aliphatic rings. The highest BCUT2D eigenvalue weighted by molar-refractivity contribution is 7.99. The Bertz CT molecular complexity index is 330. The maximum atomic E-state index is 5.90. The van der Waals surface area contributed by atoms with Gasteiger partial charge in [-0.25, -0.2) is 0 Å². The van der Waals surface area contributed by atoms with Crippen LogP contribution in [0.25, 0.3) is 0 Å². The van der Waals surface area contributed by atoms with Gasteiger partial charge in [-0.3, -0.25) is 4.99 Å². The van der Waals surface area contributed by atoms with Gasteiger partial charge in [0.2, 0.25) is 0 Å². The van der Waals surface area contributed by atoms with Crippen molar-refractivity contribution in [3.63, 3.8) is 0 Å². The summed E-state index contributed by atoms with van der Waals surface area (Å²) >= 11 is 3.55. The molecule has 2 N–H and O–H groups in total. The van der Waals surface area contributed by atoms with Crippen LogP contribution in [-0.2, 0) is 0 Å². The Morgan fingerprint density at radius 3 is 3.31 bits per heavy atom. The van der Waals surface area contributed by atoms with Crippen LogP contribution in [0, 0.1) is 0 Å². The molecule has 0 bridgehead atoms. The molecule has 1 aromatic rings. The Morgan fingerprint density at radius 1 is 1.69 bits per heavy atom. The Morgan fingerprint density at radius 2 is 2.54 bits per heavy atom. The van der Waals surface area contributed by atoms with Crippen molar-refractivity contribution in [3.05, 3.63) is 16.3 Å². The van der Waals surface area contributed by atoms with Crippen LogP contribution in [0.3, 0.4) is 0 Å². The van der Waals surface area contributed by atoms with Crippen LogP contribution in [0.1, 0.15) is 18.2 Å². The molecule has 1 aromatic heterocycles. The summed E-state index contributed by atoms with van der Waals surface area (Å²) in [4.78, 5) is 6.94. The Kier molecular flexibility index (Phi) is 2.60. The molecule has 0 spiro atoms. The van der Waals surface area contributed by atoms with Crippen LogP contribution in [0.4, 0.5) is 0 Å². The highest BCUT2D eigenvalue weighted by Gasteiger charge is 2.16. The van der Waals surface area contributed by atoms with Crippen molar-refractivity contribution in [2.45, 2.75) is 24.3 Å². The first-order valence-electron chi connectivity index (χ1n) is 4.35. The smallest absolute Gasteiger partial charge is 0.137 e.